The van der Waals surface area contributed by atoms with Crippen molar-refractivity contribution in [1.29, 1.82) is 0 Å². The average Bonchev–Trinajstić information content (AvgIpc) is 3.12. The van der Waals surface area contributed by atoms with E-state index in [2.05, 4.69) is 25.7 Å². The first-order chi connectivity index (χ1) is 16.1. The highest BCUT2D eigenvalue weighted by Gasteiger charge is 2.42. The van der Waals surface area contributed by atoms with Gasteiger partial charge in [0.15, 0.2) is 5.43 Å². The van der Waals surface area contributed by atoms with Crippen molar-refractivity contribution in [2.45, 2.75) is 39.7 Å². The molecule has 0 saturated heterocycles. The zero-order valence-electron chi connectivity index (χ0n) is 19.7. The second-order valence-corrected chi connectivity index (χ2v) is 8.37. The Balaban J connectivity index is 1.73. The molecule has 1 atom stereocenters. The van der Waals surface area contributed by atoms with Crippen LogP contribution in [0.15, 0.2) is 57.7 Å². The number of carbonyl (C=O) groups excluding carboxylic acids is 1. The number of hydrogen-bond donors (Lipinski definition) is 0. The van der Waals surface area contributed by atoms with Crippen molar-refractivity contribution in [3.63, 3.8) is 0 Å². The van der Waals surface area contributed by atoms with E-state index in [1.54, 1.807) is 17.0 Å². The normalized spacial score (nSPS) is 15.5. The van der Waals surface area contributed by atoms with Crippen molar-refractivity contribution in [1.82, 2.24) is 9.80 Å². The van der Waals surface area contributed by atoms with Gasteiger partial charge in [0.1, 0.15) is 11.3 Å². The second kappa shape index (κ2) is 10.2. The highest BCUT2D eigenvalue weighted by molar-refractivity contribution is 5.99. The maximum Gasteiger partial charge on any atom is 0.290 e. The maximum atomic E-state index is 13.5. The third-order valence-corrected chi connectivity index (χ3v) is 6.31. The van der Waals surface area contributed by atoms with Gasteiger partial charge in [-0.15, -0.1) is 0 Å². The van der Waals surface area contributed by atoms with E-state index >= 15 is 0 Å². The molecule has 3 aromatic rings. The number of amides is 1. The van der Waals surface area contributed by atoms with Gasteiger partial charge in [-0.2, -0.15) is 0 Å². The molecule has 1 unspecified atom stereocenters. The first kappa shape index (κ1) is 23.1. The number of ether oxygens (including phenoxy) is 1. The summed E-state index contributed by atoms with van der Waals surface area (Å²) in [5.41, 5.74) is 1.63. The second-order valence-electron chi connectivity index (χ2n) is 8.37. The van der Waals surface area contributed by atoms with E-state index in [-0.39, 0.29) is 17.1 Å². The Bertz CT molecular complexity index is 1160. The largest absolute Gasteiger partial charge is 0.494 e. The molecule has 33 heavy (non-hydrogen) atoms. The van der Waals surface area contributed by atoms with Crippen LogP contribution in [0.4, 0.5) is 0 Å². The van der Waals surface area contributed by atoms with E-state index in [4.69, 9.17) is 9.15 Å². The lowest BCUT2D eigenvalue weighted by Gasteiger charge is -2.26. The van der Waals surface area contributed by atoms with Crippen LogP contribution in [-0.4, -0.2) is 48.5 Å². The number of hydrogen-bond acceptors (Lipinski definition) is 5. The molecule has 0 aliphatic carbocycles. The van der Waals surface area contributed by atoms with Crippen LogP contribution in [0.3, 0.4) is 0 Å². The predicted octanol–water partition coefficient (Wildman–Crippen LogP) is 4.86. The van der Waals surface area contributed by atoms with E-state index in [1.807, 2.05) is 36.4 Å². The highest BCUT2D eigenvalue weighted by Crippen LogP contribution is 2.38. The summed E-state index contributed by atoms with van der Waals surface area (Å²) in [6.45, 7) is 10.4. The molecule has 4 rings (SSSR count). The van der Waals surface area contributed by atoms with Gasteiger partial charge in [0.25, 0.3) is 5.91 Å². The van der Waals surface area contributed by atoms with Crippen molar-refractivity contribution < 1.29 is 13.9 Å². The van der Waals surface area contributed by atoms with Crippen LogP contribution in [0, 0.1) is 0 Å². The fourth-order valence-corrected chi connectivity index (χ4v) is 4.52. The van der Waals surface area contributed by atoms with E-state index < -0.39 is 6.04 Å². The molecule has 1 aliphatic heterocycles. The van der Waals surface area contributed by atoms with Crippen LogP contribution < -0.4 is 10.2 Å². The lowest BCUT2D eigenvalue weighted by Crippen LogP contribution is -2.33. The third-order valence-electron chi connectivity index (χ3n) is 6.31. The van der Waals surface area contributed by atoms with Crippen LogP contribution >= 0.6 is 0 Å². The van der Waals surface area contributed by atoms with E-state index in [0.717, 1.165) is 43.8 Å². The minimum atomic E-state index is -0.467. The van der Waals surface area contributed by atoms with Gasteiger partial charge in [0.05, 0.1) is 23.6 Å². The molecule has 0 bridgehead atoms. The summed E-state index contributed by atoms with van der Waals surface area (Å²) in [6.07, 6.45) is 1.75. The Morgan fingerprint density at radius 3 is 2.42 bits per heavy atom. The topological polar surface area (TPSA) is 63.0 Å². The molecule has 0 radical (unpaired) electrons. The zero-order chi connectivity index (χ0) is 23.4. The molecule has 174 valence electrons. The van der Waals surface area contributed by atoms with Gasteiger partial charge in [-0.25, -0.2) is 0 Å². The van der Waals surface area contributed by atoms with Gasteiger partial charge >= 0.3 is 0 Å². The molecule has 1 aromatic heterocycles. The third kappa shape index (κ3) is 4.53. The number of rotatable bonds is 10. The van der Waals surface area contributed by atoms with Crippen LogP contribution in [0.25, 0.3) is 11.0 Å². The molecule has 6 heteroatoms. The van der Waals surface area contributed by atoms with Gasteiger partial charge in [-0.3, -0.25) is 9.59 Å². The van der Waals surface area contributed by atoms with Crippen molar-refractivity contribution >= 4 is 16.9 Å². The number of carbonyl (C=O) groups is 1. The Morgan fingerprint density at radius 2 is 1.73 bits per heavy atom. The lowest BCUT2D eigenvalue weighted by atomic mass is 9.98. The molecule has 1 aliphatic rings. The van der Waals surface area contributed by atoms with Crippen LogP contribution in [0.1, 0.15) is 61.3 Å². The lowest BCUT2D eigenvalue weighted by molar-refractivity contribution is 0.0720. The molecule has 6 nitrogen and oxygen atoms in total. The Labute approximate surface area is 194 Å². The van der Waals surface area contributed by atoms with Crippen molar-refractivity contribution in [3.8, 4) is 5.75 Å². The van der Waals surface area contributed by atoms with Crippen molar-refractivity contribution in [2.24, 2.45) is 0 Å². The molecule has 0 fully saturated rings. The first-order valence-corrected chi connectivity index (χ1v) is 11.9. The van der Waals surface area contributed by atoms with E-state index in [1.165, 1.54) is 0 Å². The number of benzene rings is 2. The Hall–Kier alpha value is -3.12. The smallest absolute Gasteiger partial charge is 0.290 e. The molecule has 0 saturated carbocycles. The summed E-state index contributed by atoms with van der Waals surface area (Å²) >= 11 is 0. The predicted molar refractivity (Wildman–Crippen MR) is 130 cm³/mol. The molecule has 2 aromatic carbocycles. The zero-order valence-corrected chi connectivity index (χ0v) is 19.7. The Morgan fingerprint density at radius 1 is 1.00 bits per heavy atom. The standard InChI is InChI=1S/C27H32N2O4/c1-4-18-32-20-14-12-19(13-15-20)24-23-25(30)21-10-7-8-11-22(21)33-26(23)27(31)29(24)17-9-16-28(5-2)6-3/h7-8,10-15,24H,4-6,9,16-18H2,1-3H3. The summed E-state index contributed by atoms with van der Waals surface area (Å²) in [5.74, 6) is 0.727. The number of para-hydroxylation sites is 1. The molecule has 0 N–H and O–H groups in total. The molecule has 2 heterocycles. The van der Waals surface area contributed by atoms with Gasteiger partial charge < -0.3 is 19.0 Å². The molecular weight excluding hydrogens is 416 g/mol. The summed E-state index contributed by atoms with van der Waals surface area (Å²) in [7, 11) is 0. The van der Waals surface area contributed by atoms with E-state index in [9.17, 15) is 9.59 Å². The quantitative estimate of drug-likeness (QED) is 0.443. The number of fused-ring (bicyclic) bond motifs is 2. The minimum Gasteiger partial charge on any atom is -0.494 e. The SMILES string of the molecule is CCCOc1ccc(C2c3c(oc4ccccc4c3=O)C(=O)N2CCCN(CC)CC)cc1. The highest BCUT2D eigenvalue weighted by atomic mass is 16.5. The summed E-state index contributed by atoms with van der Waals surface area (Å²) < 4.78 is 11.7. The van der Waals surface area contributed by atoms with Gasteiger partial charge in [-0.1, -0.05) is 45.0 Å². The molecule has 0 spiro atoms. The average molecular weight is 449 g/mol. The summed E-state index contributed by atoms with van der Waals surface area (Å²) in [4.78, 5) is 31.1. The molecular formula is C27H32N2O4. The fourth-order valence-electron chi connectivity index (χ4n) is 4.52. The Kier molecular flexibility index (Phi) is 7.14. The summed E-state index contributed by atoms with van der Waals surface area (Å²) in [5, 5.41) is 0.502. The van der Waals surface area contributed by atoms with Gasteiger partial charge in [-0.05, 0) is 62.3 Å². The van der Waals surface area contributed by atoms with Gasteiger partial charge in [0, 0.05) is 6.54 Å². The first-order valence-electron chi connectivity index (χ1n) is 11.9. The van der Waals surface area contributed by atoms with Crippen LogP contribution in [-0.2, 0) is 0 Å². The number of nitrogens with zero attached hydrogens (tertiary/aromatic N) is 2. The summed E-state index contributed by atoms with van der Waals surface area (Å²) in [6, 6.07) is 14.4. The van der Waals surface area contributed by atoms with E-state index in [0.29, 0.717) is 29.7 Å². The van der Waals surface area contributed by atoms with Crippen LogP contribution in [0.5, 0.6) is 5.75 Å². The minimum absolute atomic E-state index is 0.136. The monoisotopic (exact) mass is 448 g/mol. The van der Waals surface area contributed by atoms with Crippen molar-refractivity contribution in [3.05, 3.63) is 75.6 Å². The van der Waals surface area contributed by atoms with Crippen LogP contribution in [0.2, 0.25) is 0 Å². The van der Waals surface area contributed by atoms with Crippen molar-refractivity contribution in [2.75, 3.05) is 32.8 Å². The fraction of sp³-hybridized carbons (Fsp3) is 0.407. The van der Waals surface area contributed by atoms with Gasteiger partial charge in [0.2, 0.25) is 5.76 Å². The molecule has 1 amide bonds. The maximum absolute atomic E-state index is 13.5.